The highest BCUT2D eigenvalue weighted by atomic mass is 35.5. The molecule has 4 rings (SSSR count). The van der Waals surface area contributed by atoms with Gasteiger partial charge in [-0.3, -0.25) is 4.90 Å². The highest BCUT2D eigenvalue weighted by Crippen LogP contribution is 2.34. The molecule has 1 fully saturated rings. The van der Waals surface area contributed by atoms with Crippen molar-refractivity contribution in [3.63, 3.8) is 0 Å². The lowest BCUT2D eigenvalue weighted by molar-refractivity contribution is 0.179. The maximum atomic E-state index is 12.2. The van der Waals surface area contributed by atoms with Crippen molar-refractivity contribution in [3.8, 4) is 11.5 Å². The van der Waals surface area contributed by atoms with Gasteiger partial charge < -0.3 is 14.6 Å². The molecule has 0 radical (unpaired) electrons. The van der Waals surface area contributed by atoms with E-state index in [4.69, 9.17) is 26.2 Å². The summed E-state index contributed by atoms with van der Waals surface area (Å²) in [6.07, 6.45) is -0.342. The zero-order valence-electron chi connectivity index (χ0n) is 15.3. The topological polar surface area (TPSA) is 59.0 Å². The lowest BCUT2D eigenvalue weighted by atomic mass is 10.1. The number of hydrogen-bond acceptors (Lipinski definition) is 4. The van der Waals surface area contributed by atoms with Crippen LogP contribution in [0.15, 0.2) is 78.9 Å². The maximum Gasteiger partial charge on any atom is 0.415 e. The normalized spacial score (nSPS) is 15.5. The van der Waals surface area contributed by atoms with Gasteiger partial charge >= 0.3 is 6.09 Å². The van der Waals surface area contributed by atoms with E-state index in [1.54, 1.807) is 29.2 Å². The lowest BCUT2D eigenvalue weighted by Crippen LogP contribution is -2.27. The molecule has 0 aliphatic carbocycles. The standard InChI is InChI=1S/C21H16ClNO3.CH4O/c22-16-6-10-18(11-7-16)26-19-12-8-17(9-13-19)23-20(14-25-21(23)24)15-4-2-1-3-5-15;1-2/h1-13,20H,14H2;2H,1H3/t20-;/m1./s1. The number of ether oxygens (including phenoxy) is 2. The Balaban J connectivity index is 0.00000109. The quantitative estimate of drug-likeness (QED) is 0.636. The summed E-state index contributed by atoms with van der Waals surface area (Å²) < 4.78 is 11.1. The first-order valence-corrected chi connectivity index (χ1v) is 9.08. The molecule has 144 valence electrons. The van der Waals surface area contributed by atoms with E-state index in [0.717, 1.165) is 18.4 Å². The molecule has 0 aromatic heterocycles. The van der Waals surface area contributed by atoms with E-state index in [2.05, 4.69) is 0 Å². The molecule has 6 heteroatoms. The van der Waals surface area contributed by atoms with E-state index in [1.807, 2.05) is 54.6 Å². The summed E-state index contributed by atoms with van der Waals surface area (Å²) in [5, 5.41) is 7.66. The Labute approximate surface area is 168 Å². The van der Waals surface area contributed by atoms with Crippen LogP contribution in [-0.4, -0.2) is 24.9 Å². The van der Waals surface area contributed by atoms with Crippen LogP contribution in [0.1, 0.15) is 11.6 Å². The van der Waals surface area contributed by atoms with Crippen LogP contribution in [0.2, 0.25) is 5.02 Å². The van der Waals surface area contributed by atoms with Crippen molar-refractivity contribution in [1.82, 2.24) is 0 Å². The number of amides is 1. The van der Waals surface area contributed by atoms with Crippen molar-refractivity contribution < 1.29 is 19.4 Å². The Morgan fingerprint density at radius 1 is 0.929 bits per heavy atom. The van der Waals surface area contributed by atoms with E-state index in [0.29, 0.717) is 23.1 Å². The minimum Gasteiger partial charge on any atom is -0.457 e. The highest BCUT2D eigenvalue weighted by molar-refractivity contribution is 6.30. The minimum absolute atomic E-state index is 0.133. The molecular weight excluding hydrogens is 378 g/mol. The fourth-order valence-corrected chi connectivity index (χ4v) is 3.07. The molecule has 28 heavy (non-hydrogen) atoms. The molecule has 1 heterocycles. The molecule has 0 spiro atoms. The molecule has 5 nitrogen and oxygen atoms in total. The van der Waals surface area contributed by atoms with Gasteiger partial charge in [-0.25, -0.2) is 4.79 Å². The molecule has 1 aliphatic rings. The van der Waals surface area contributed by atoms with Crippen molar-refractivity contribution in [1.29, 1.82) is 0 Å². The SMILES string of the molecule is CO.O=C1OC[C@H](c2ccccc2)N1c1ccc(Oc2ccc(Cl)cc2)cc1. The van der Waals surface area contributed by atoms with Crippen molar-refractivity contribution in [2.24, 2.45) is 0 Å². The van der Waals surface area contributed by atoms with Crippen molar-refractivity contribution in [2.75, 3.05) is 18.6 Å². The molecule has 0 unspecified atom stereocenters. The van der Waals surface area contributed by atoms with Crippen LogP contribution in [0, 0.1) is 0 Å². The van der Waals surface area contributed by atoms with E-state index >= 15 is 0 Å². The number of aliphatic hydroxyl groups excluding tert-OH is 1. The van der Waals surface area contributed by atoms with E-state index < -0.39 is 0 Å². The van der Waals surface area contributed by atoms with Crippen molar-refractivity contribution in [2.45, 2.75) is 6.04 Å². The van der Waals surface area contributed by atoms with Gasteiger partial charge in [0, 0.05) is 17.8 Å². The number of cyclic esters (lactones) is 1. The number of hydrogen-bond donors (Lipinski definition) is 1. The van der Waals surface area contributed by atoms with Gasteiger partial charge in [0.05, 0.1) is 6.04 Å². The predicted octanol–water partition coefficient (Wildman–Crippen LogP) is 5.44. The third-order valence-electron chi connectivity index (χ3n) is 4.22. The van der Waals surface area contributed by atoms with Crippen molar-refractivity contribution >= 4 is 23.4 Å². The van der Waals surface area contributed by atoms with E-state index in [-0.39, 0.29) is 12.1 Å². The van der Waals surface area contributed by atoms with Crippen LogP contribution in [0.5, 0.6) is 11.5 Å². The molecule has 3 aromatic rings. The smallest absolute Gasteiger partial charge is 0.415 e. The molecule has 1 N–H and O–H groups in total. The van der Waals surface area contributed by atoms with Gasteiger partial charge in [0.25, 0.3) is 0 Å². The highest BCUT2D eigenvalue weighted by Gasteiger charge is 2.35. The molecule has 0 saturated carbocycles. The summed E-state index contributed by atoms with van der Waals surface area (Å²) in [5.41, 5.74) is 1.81. The second-order valence-electron chi connectivity index (χ2n) is 5.92. The summed E-state index contributed by atoms with van der Waals surface area (Å²) in [6.45, 7) is 0.339. The lowest BCUT2D eigenvalue weighted by Gasteiger charge is -2.22. The van der Waals surface area contributed by atoms with Crippen LogP contribution in [0.3, 0.4) is 0 Å². The number of nitrogens with zero attached hydrogens (tertiary/aromatic N) is 1. The van der Waals surface area contributed by atoms with Gasteiger partial charge in [-0.1, -0.05) is 41.9 Å². The fraction of sp³-hybridized carbons (Fsp3) is 0.136. The summed E-state index contributed by atoms with van der Waals surface area (Å²) in [5.74, 6) is 1.38. The van der Waals surface area contributed by atoms with Gasteiger partial charge in [0.2, 0.25) is 0 Å². The average Bonchev–Trinajstić information content (AvgIpc) is 3.14. The summed E-state index contributed by atoms with van der Waals surface area (Å²) >= 11 is 5.88. The van der Waals surface area contributed by atoms with Gasteiger partial charge in [-0.2, -0.15) is 0 Å². The zero-order chi connectivity index (χ0) is 19.9. The number of halogens is 1. The third kappa shape index (κ3) is 4.44. The molecule has 1 aliphatic heterocycles. The van der Waals surface area contributed by atoms with Gasteiger partial charge in [0.15, 0.2) is 0 Å². The Bertz CT molecular complexity index is 898. The second-order valence-corrected chi connectivity index (χ2v) is 6.36. The van der Waals surface area contributed by atoms with E-state index in [1.165, 1.54) is 0 Å². The van der Waals surface area contributed by atoms with Crippen LogP contribution in [-0.2, 0) is 4.74 Å². The number of carbonyl (C=O) groups is 1. The molecule has 1 atom stereocenters. The Morgan fingerprint density at radius 3 is 2.11 bits per heavy atom. The minimum atomic E-state index is -0.342. The van der Waals surface area contributed by atoms with Crippen LogP contribution in [0.25, 0.3) is 0 Å². The van der Waals surface area contributed by atoms with Crippen molar-refractivity contribution in [3.05, 3.63) is 89.4 Å². The Morgan fingerprint density at radius 2 is 1.50 bits per heavy atom. The van der Waals surface area contributed by atoms with Crippen LogP contribution in [0.4, 0.5) is 10.5 Å². The summed E-state index contributed by atoms with van der Waals surface area (Å²) in [4.78, 5) is 13.9. The first-order chi connectivity index (χ1) is 13.7. The molecule has 3 aromatic carbocycles. The average molecular weight is 398 g/mol. The molecule has 1 saturated heterocycles. The second kappa shape index (κ2) is 9.26. The fourth-order valence-electron chi connectivity index (χ4n) is 2.94. The van der Waals surface area contributed by atoms with Gasteiger partial charge in [-0.15, -0.1) is 0 Å². The Hall–Kier alpha value is -3.02. The maximum absolute atomic E-state index is 12.2. The van der Waals surface area contributed by atoms with Gasteiger partial charge in [0.1, 0.15) is 18.1 Å². The molecule has 1 amide bonds. The predicted molar refractivity (Wildman–Crippen MR) is 109 cm³/mol. The monoisotopic (exact) mass is 397 g/mol. The molecular formula is C22H20ClNO4. The number of benzene rings is 3. The zero-order valence-corrected chi connectivity index (χ0v) is 16.0. The van der Waals surface area contributed by atoms with E-state index in [9.17, 15) is 4.79 Å². The third-order valence-corrected chi connectivity index (χ3v) is 4.47. The van der Waals surface area contributed by atoms with Gasteiger partial charge in [-0.05, 0) is 54.1 Å². The number of aliphatic hydroxyl groups is 1. The van der Waals surface area contributed by atoms with Crippen LogP contribution >= 0.6 is 11.6 Å². The summed E-state index contributed by atoms with van der Waals surface area (Å²) in [7, 11) is 1.00. The van der Waals surface area contributed by atoms with Crippen LogP contribution < -0.4 is 9.64 Å². The first-order valence-electron chi connectivity index (χ1n) is 8.70. The Kier molecular flexibility index (Phi) is 6.53. The number of rotatable bonds is 4. The largest absolute Gasteiger partial charge is 0.457 e. The number of carbonyl (C=O) groups excluding carboxylic acids is 1. The summed E-state index contributed by atoms with van der Waals surface area (Å²) in [6, 6.07) is 24.3. The number of anilines is 1. The first kappa shape index (κ1) is 19.7. The molecule has 0 bridgehead atoms.